The van der Waals surface area contributed by atoms with Crippen LogP contribution in [0.2, 0.25) is 0 Å². The number of nitrogens with two attached hydrogens (primary N) is 1. The van der Waals surface area contributed by atoms with E-state index in [0.717, 1.165) is 22.3 Å². The molecule has 0 amide bonds. The van der Waals surface area contributed by atoms with Crippen LogP contribution in [0.25, 0.3) is 33.7 Å². The summed E-state index contributed by atoms with van der Waals surface area (Å²) in [5, 5.41) is 14.5. The zero-order chi connectivity index (χ0) is 24.2. The van der Waals surface area contributed by atoms with E-state index in [0.29, 0.717) is 22.7 Å². The van der Waals surface area contributed by atoms with E-state index in [9.17, 15) is 13.2 Å². The number of anilines is 1. The normalized spacial score (nSPS) is 13.0. The number of hydrogen-bond acceptors (Lipinski definition) is 7. The first kappa shape index (κ1) is 17.5. The van der Waals surface area contributed by atoms with E-state index in [1.54, 1.807) is 29.8 Å². The molecule has 5 rings (SSSR count). The van der Waals surface area contributed by atoms with Crippen molar-refractivity contribution in [3.8, 4) is 22.7 Å². The van der Waals surface area contributed by atoms with Crippen LogP contribution in [-0.4, -0.2) is 34.7 Å². The maximum Gasteiger partial charge on any atom is 0.314 e. The molecule has 3 heterocycles. The van der Waals surface area contributed by atoms with Gasteiger partial charge in [0.05, 0.1) is 26.5 Å². The maximum absolute atomic E-state index is 14.9. The number of fused-ring (bicyclic) bond motifs is 1. The summed E-state index contributed by atoms with van der Waals surface area (Å²) >= 11 is 0. The molecular weight excluding hydrogens is 425 g/mol. The van der Waals surface area contributed by atoms with Crippen molar-refractivity contribution in [2.24, 2.45) is 7.05 Å². The molecule has 0 radical (unpaired) electrons. The fourth-order valence-electron chi connectivity index (χ4n) is 3.13. The predicted molar refractivity (Wildman–Crippen MR) is 108 cm³/mol. The molecule has 5 aromatic rings. The Kier molecular flexibility index (Phi) is 4.08. The SMILES string of the molecule is [2H]C([2H])(c1ccc(-c2nnc(C(F)F)o2)cc1F)n1cc(-c2ccc3c(c2)nc(N)n3C)nn1. The molecule has 0 atom stereocenters. The number of nitrogens with zero attached hydrogens (tertiary/aromatic N) is 7. The van der Waals surface area contributed by atoms with Gasteiger partial charge in [-0.2, -0.15) is 8.78 Å². The van der Waals surface area contributed by atoms with Crippen molar-refractivity contribution in [1.82, 2.24) is 34.7 Å². The highest BCUT2D eigenvalue weighted by Crippen LogP contribution is 2.26. The standard InChI is InChI=1S/C20H15F3N8O/c1-30-16-5-4-10(7-14(16)25-20(30)24)15-9-31(29-26-15)8-12-3-2-11(6-13(12)21)18-27-28-19(32-18)17(22)23/h2-7,9,17H,8H2,1H3,(H2,24,25)/i8D2. The summed E-state index contributed by atoms with van der Waals surface area (Å²) in [5.74, 6) is -1.81. The second kappa shape index (κ2) is 7.48. The lowest BCUT2D eigenvalue weighted by atomic mass is 10.1. The monoisotopic (exact) mass is 442 g/mol. The molecule has 9 nitrogen and oxygen atoms in total. The van der Waals surface area contributed by atoms with Crippen molar-refractivity contribution in [3.05, 3.63) is 59.9 Å². The highest BCUT2D eigenvalue weighted by Gasteiger charge is 2.18. The number of benzene rings is 2. The van der Waals surface area contributed by atoms with Crippen LogP contribution in [0.15, 0.2) is 47.0 Å². The van der Waals surface area contributed by atoms with Crippen molar-refractivity contribution in [2.45, 2.75) is 12.9 Å². The smallest absolute Gasteiger partial charge is 0.314 e. The third kappa shape index (κ3) is 3.45. The minimum Gasteiger partial charge on any atom is -0.415 e. The van der Waals surface area contributed by atoms with Gasteiger partial charge < -0.3 is 14.7 Å². The Labute approximate surface area is 181 Å². The predicted octanol–water partition coefficient (Wildman–Crippen LogP) is 3.59. The third-order valence-corrected chi connectivity index (χ3v) is 4.78. The second-order valence-electron chi connectivity index (χ2n) is 6.83. The lowest BCUT2D eigenvalue weighted by molar-refractivity contribution is 0.116. The van der Waals surface area contributed by atoms with Gasteiger partial charge in [-0.3, -0.25) is 0 Å². The Balaban J connectivity index is 1.46. The van der Waals surface area contributed by atoms with E-state index in [-0.39, 0.29) is 17.0 Å². The number of halogens is 3. The van der Waals surface area contributed by atoms with Gasteiger partial charge in [-0.05, 0) is 24.3 Å². The van der Waals surface area contributed by atoms with Crippen LogP contribution in [0, 0.1) is 5.82 Å². The van der Waals surface area contributed by atoms with Crippen LogP contribution in [0.4, 0.5) is 19.1 Å². The van der Waals surface area contributed by atoms with Gasteiger partial charge >= 0.3 is 6.43 Å². The summed E-state index contributed by atoms with van der Waals surface area (Å²) < 4.78 is 64.5. The molecule has 0 saturated heterocycles. The molecule has 2 N–H and O–H groups in total. The van der Waals surface area contributed by atoms with Crippen LogP contribution in [0.1, 0.15) is 20.6 Å². The minimum atomic E-state index is -2.96. The number of imidazole rings is 1. The van der Waals surface area contributed by atoms with Crippen LogP contribution in [0.5, 0.6) is 0 Å². The second-order valence-corrected chi connectivity index (χ2v) is 6.83. The summed E-state index contributed by atoms with van der Waals surface area (Å²) in [6.45, 7) is -2.42. The molecule has 0 spiro atoms. The molecule has 3 aromatic heterocycles. The van der Waals surface area contributed by atoms with E-state index in [4.69, 9.17) is 12.9 Å². The van der Waals surface area contributed by atoms with Crippen molar-refractivity contribution in [1.29, 1.82) is 0 Å². The quantitative estimate of drug-likeness (QED) is 0.442. The number of aromatic nitrogens is 7. The van der Waals surface area contributed by atoms with Gasteiger partial charge in [0.2, 0.25) is 11.8 Å². The molecule has 0 bridgehead atoms. The molecule has 32 heavy (non-hydrogen) atoms. The molecular formula is C20H15F3N8O. The number of aryl methyl sites for hydroxylation is 1. The van der Waals surface area contributed by atoms with Crippen molar-refractivity contribution in [3.63, 3.8) is 0 Å². The minimum absolute atomic E-state index is 0.0265. The molecule has 0 aliphatic heterocycles. The summed E-state index contributed by atoms with van der Waals surface area (Å²) in [6, 6.07) is 8.67. The topological polar surface area (TPSA) is 113 Å². The third-order valence-electron chi connectivity index (χ3n) is 4.78. The molecule has 162 valence electrons. The summed E-state index contributed by atoms with van der Waals surface area (Å²) in [7, 11) is 1.78. The fourth-order valence-corrected chi connectivity index (χ4v) is 3.13. The molecule has 12 heteroatoms. The number of hydrogen-bond donors (Lipinski definition) is 1. The van der Waals surface area contributed by atoms with Crippen molar-refractivity contribution >= 4 is 17.0 Å². The van der Waals surface area contributed by atoms with E-state index >= 15 is 0 Å². The van der Waals surface area contributed by atoms with E-state index < -0.39 is 24.6 Å². The fraction of sp³-hybridized carbons (Fsp3) is 0.150. The highest BCUT2D eigenvalue weighted by molar-refractivity contribution is 5.83. The average Bonchev–Trinajstić information content (AvgIpc) is 3.53. The van der Waals surface area contributed by atoms with Gasteiger partial charge in [-0.1, -0.05) is 17.3 Å². The first-order valence-corrected chi connectivity index (χ1v) is 9.22. The maximum atomic E-state index is 14.9. The first-order valence-electron chi connectivity index (χ1n) is 10.2. The Hall–Kier alpha value is -4.22. The molecule has 0 aliphatic rings. The first-order chi connectivity index (χ1) is 16.1. The molecule has 0 unspecified atom stereocenters. The Bertz CT molecular complexity index is 1530. The van der Waals surface area contributed by atoms with Crippen LogP contribution < -0.4 is 5.73 Å². The zero-order valence-electron chi connectivity index (χ0n) is 18.4. The van der Waals surface area contributed by atoms with E-state index in [1.807, 2.05) is 0 Å². The summed E-state index contributed by atoms with van der Waals surface area (Å²) in [5.41, 5.74) is 7.92. The van der Waals surface area contributed by atoms with E-state index in [1.165, 1.54) is 12.3 Å². The highest BCUT2D eigenvalue weighted by atomic mass is 19.3. The molecule has 0 aliphatic carbocycles. The summed E-state index contributed by atoms with van der Waals surface area (Å²) in [4.78, 5) is 4.26. The van der Waals surface area contributed by atoms with Gasteiger partial charge in [-0.15, -0.1) is 15.3 Å². The molecule has 0 saturated carbocycles. The molecule has 2 aromatic carbocycles. The lowest BCUT2D eigenvalue weighted by Gasteiger charge is -2.04. The lowest BCUT2D eigenvalue weighted by Crippen LogP contribution is -2.03. The van der Waals surface area contributed by atoms with Crippen LogP contribution in [-0.2, 0) is 13.5 Å². The van der Waals surface area contributed by atoms with Gasteiger partial charge in [-0.25, -0.2) is 14.1 Å². The number of rotatable bonds is 5. The Morgan fingerprint density at radius 1 is 1.12 bits per heavy atom. The average molecular weight is 442 g/mol. The number of nitrogen functional groups attached to an aromatic ring is 1. The van der Waals surface area contributed by atoms with E-state index in [2.05, 4.69) is 25.5 Å². The number of alkyl halides is 2. The largest absolute Gasteiger partial charge is 0.415 e. The van der Waals surface area contributed by atoms with Gasteiger partial charge in [0.1, 0.15) is 11.5 Å². The van der Waals surface area contributed by atoms with Crippen molar-refractivity contribution in [2.75, 3.05) is 5.73 Å². The van der Waals surface area contributed by atoms with Gasteiger partial charge in [0.25, 0.3) is 5.89 Å². The molecule has 0 fully saturated rings. The van der Waals surface area contributed by atoms with Crippen molar-refractivity contribution < 1.29 is 20.3 Å². The Morgan fingerprint density at radius 3 is 2.69 bits per heavy atom. The Morgan fingerprint density at radius 2 is 1.94 bits per heavy atom. The van der Waals surface area contributed by atoms with Crippen LogP contribution in [0.3, 0.4) is 0 Å². The van der Waals surface area contributed by atoms with Crippen LogP contribution >= 0.6 is 0 Å². The summed E-state index contributed by atoms with van der Waals surface area (Å²) in [6.07, 6.45) is -1.62. The van der Waals surface area contributed by atoms with Gasteiger partial charge in [0, 0.05) is 23.7 Å². The van der Waals surface area contributed by atoms with Gasteiger partial charge in [0.15, 0.2) is 0 Å². The zero-order valence-corrected chi connectivity index (χ0v) is 16.4.